The first kappa shape index (κ1) is 21.0. The normalized spacial score (nSPS) is 13.2. The predicted molar refractivity (Wildman–Crippen MR) is 110 cm³/mol. The molecular formula is C22H23N3O5. The highest BCUT2D eigenvalue weighted by atomic mass is 16.4. The second-order valence-corrected chi connectivity index (χ2v) is 7.05. The highest BCUT2D eigenvalue weighted by molar-refractivity contribution is 6.04. The van der Waals surface area contributed by atoms with E-state index in [4.69, 9.17) is 5.11 Å². The molecule has 0 spiro atoms. The molecule has 2 aromatic carbocycles. The van der Waals surface area contributed by atoms with Gasteiger partial charge in [-0.25, -0.2) is 0 Å². The molecule has 1 aliphatic rings. The summed E-state index contributed by atoms with van der Waals surface area (Å²) >= 11 is 0. The lowest BCUT2D eigenvalue weighted by atomic mass is 10.1. The zero-order chi connectivity index (χ0) is 21.5. The van der Waals surface area contributed by atoms with E-state index < -0.39 is 5.97 Å². The molecule has 1 saturated heterocycles. The van der Waals surface area contributed by atoms with Gasteiger partial charge in [0.05, 0.1) is 6.42 Å². The Morgan fingerprint density at radius 3 is 2.17 bits per heavy atom. The van der Waals surface area contributed by atoms with Crippen molar-refractivity contribution in [3.8, 4) is 0 Å². The second kappa shape index (κ2) is 9.69. The molecule has 3 rings (SSSR count). The van der Waals surface area contributed by atoms with Crippen LogP contribution in [0.3, 0.4) is 0 Å². The summed E-state index contributed by atoms with van der Waals surface area (Å²) in [4.78, 5) is 48.4. The molecule has 0 aromatic heterocycles. The number of nitrogens with one attached hydrogen (secondary N) is 2. The number of carboxylic acid groups (broad SMARTS) is 1. The highest BCUT2D eigenvalue weighted by Crippen LogP contribution is 2.16. The molecule has 3 N–H and O–H groups in total. The maximum Gasteiger partial charge on any atom is 0.305 e. The van der Waals surface area contributed by atoms with E-state index in [0.717, 1.165) is 18.5 Å². The van der Waals surface area contributed by atoms with Crippen molar-refractivity contribution in [1.82, 2.24) is 10.2 Å². The Kier molecular flexibility index (Phi) is 6.79. The number of rotatable bonds is 8. The average molecular weight is 409 g/mol. The average Bonchev–Trinajstić information content (AvgIpc) is 3.13. The molecule has 2 aromatic rings. The van der Waals surface area contributed by atoms with Crippen molar-refractivity contribution in [3.05, 3.63) is 65.2 Å². The van der Waals surface area contributed by atoms with Gasteiger partial charge in [0.15, 0.2) is 0 Å². The summed E-state index contributed by atoms with van der Waals surface area (Å²) < 4.78 is 0. The maximum atomic E-state index is 12.4. The van der Waals surface area contributed by atoms with Gasteiger partial charge >= 0.3 is 5.97 Å². The number of hydrogen-bond acceptors (Lipinski definition) is 4. The largest absolute Gasteiger partial charge is 0.481 e. The number of aliphatic carboxylic acids is 1. The van der Waals surface area contributed by atoms with Crippen LogP contribution in [0.25, 0.3) is 0 Å². The molecule has 0 bridgehead atoms. The predicted octanol–water partition coefficient (Wildman–Crippen LogP) is 2.27. The topological polar surface area (TPSA) is 116 Å². The number of amides is 3. The number of hydrogen-bond donors (Lipinski definition) is 3. The van der Waals surface area contributed by atoms with Crippen LogP contribution in [0.15, 0.2) is 48.5 Å². The molecule has 8 nitrogen and oxygen atoms in total. The molecule has 8 heteroatoms. The van der Waals surface area contributed by atoms with Crippen molar-refractivity contribution in [2.45, 2.75) is 25.8 Å². The van der Waals surface area contributed by atoms with Gasteiger partial charge in [-0.1, -0.05) is 12.1 Å². The molecule has 0 radical (unpaired) electrons. The Bertz CT molecular complexity index is 938. The van der Waals surface area contributed by atoms with E-state index in [2.05, 4.69) is 10.6 Å². The van der Waals surface area contributed by atoms with E-state index in [9.17, 15) is 19.2 Å². The van der Waals surface area contributed by atoms with E-state index in [0.29, 0.717) is 29.8 Å². The lowest BCUT2D eigenvalue weighted by Crippen LogP contribution is -2.25. The number of nitrogens with zero attached hydrogens (tertiary/aromatic N) is 1. The van der Waals surface area contributed by atoms with E-state index in [-0.39, 0.29) is 30.7 Å². The molecule has 30 heavy (non-hydrogen) atoms. The third-order valence-electron chi connectivity index (χ3n) is 4.79. The molecule has 3 amide bonds. The summed E-state index contributed by atoms with van der Waals surface area (Å²) in [6.45, 7) is 1.37. The minimum atomic E-state index is -0.981. The quantitative estimate of drug-likeness (QED) is 0.619. The minimum Gasteiger partial charge on any atom is -0.481 e. The zero-order valence-electron chi connectivity index (χ0n) is 16.4. The Hall–Kier alpha value is -3.68. The lowest BCUT2D eigenvalue weighted by molar-refractivity contribution is -0.136. The first-order valence-electron chi connectivity index (χ1n) is 9.70. The smallest absolute Gasteiger partial charge is 0.305 e. The fraction of sp³-hybridized carbons (Fsp3) is 0.273. The van der Waals surface area contributed by atoms with E-state index in [1.807, 2.05) is 17.0 Å². The third-order valence-corrected chi connectivity index (χ3v) is 4.79. The summed E-state index contributed by atoms with van der Waals surface area (Å²) in [6, 6.07) is 13.4. The van der Waals surface area contributed by atoms with Gasteiger partial charge in [0, 0.05) is 42.9 Å². The van der Waals surface area contributed by atoms with Crippen molar-refractivity contribution in [1.29, 1.82) is 0 Å². The van der Waals surface area contributed by atoms with Gasteiger partial charge in [-0.2, -0.15) is 0 Å². The Balaban J connectivity index is 1.53. The number of likely N-dealkylation sites (tertiary alicyclic amines) is 1. The van der Waals surface area contributed by atoms with Gasteiger partial charge < -0.3 is 20.6 Å². The van der Waals surface area contributed by atoms with Gasteiger partial charge in [-0.05, 0) is 48.4 Å². The van der Waals surface area contributed by atoms with Crippen LogP contribution in [0.1, 0.15) is 45.5 Å². The molecule has 0 atom stereocenters. The first-order chi connectivity index (χ1) is 14.4. The second-order valence-electron chi connectivity index (χ2n) is 7.05. The zero-order valence-corrected chi connectivity index (χ0v) is 16.4. The van der Waals surface area contributed by atoms with Gasteiger partial charge in [0.2, 0.25) is 5.91 Å². The van der Waals surface area contributed by atoms with Gasteiger partial charge in [-0.15, -0.1) is 0 Å². The summed E-state index contributed by atoms with van der Waals surface area (Å²) in [6.07, 6.45) is 1.35. The van der Waals surface area contributed by atoms with E-state index in [1.165, 1.54) is 0 Å². The number of carboxylic acids is 1. The lowest BCUT2D eigenvalue weighted by Gasteiger charge is -2.15. The number of carbonyl (C=O) groups excluding carboxylic acids is 3. The Morgan fingerprint density at radius 1 is 0.933 bits per heavy atom. The van der Waals surface area contributed by atoms with Gasteiger partial charge in [0.1, 0.15) is 0 Å². The van der Waals surface area contributed by atoms with Crippen molar-refractivity contribution < 1.29 is 24.3 Å². The van der Waals surface area contributed by atoms with Crippen LogP contribution in [0, 0.1) is 0 Å². The Morgan fingerprint density at radius 2 is 1.57 bits per heavy atom. The number of carbonyl (C=O) groups is 4. The molecule has 0 saturated carbocycles. The highest BCUT2D eigenvalue weighted by Gasteiger charge is 2.20. The van der Waals surface area contributed by atoms with E-state index >= 15 is 0 Å². The van der Waals surface area contributed by atoms with Crippen molar-refractivity contribution in [2.24, 2.45) is 0 Å². The first-order valence-corrected chi connectivity index (χ1v) is 9.70. The summed E-state index contributed by atoms with van der Waals surface area (Å²) in [5.74, 6) is -1.47. The molecular weight excluding hydrogens is 386 g/mol. The van der Waals surface area contributed by atoms with Crippen molar-refractivity contribution >= 4 is 29.4 Å². The molecule has 1 aliphatic heterocycles. The molecule has 0 aliphatic carbocycles. The summed E-state index contributed by atoms with van der Waals surface area (Å²) in [7, 11) is 0. The van der Waals surface area contributed by atoms with Crippen molar-refractivity contribution in [3.63, 3.8) is 0 Å². The Labute approximate surface area is 173 Å². The molecule has 1 heterocycles. The summed E-state index contributed by atoms with van der Waals surface area (Å²) in [5, 5.41) is 13.9. The van der Waals surface area contributed by atoms with Crippen LogP contribution in [0.2, 0.25) is 0 Å². The van der Waals surface area contributed by atoms with E-state index in [1.54, 1.807) is 36.4 Å². The van der Waals surface area contributed by atoms with Crippen molar-refractivity contribution in [2.75, 3.05) is 18.4 Å². The molecule has 156 valence electrons. The van der Waals surface area contributed by atoms with Crippen LogP contribution in [-0.4, -0.2) is 46.8 Å². The SMILES string of the molecule is O=C(O)CCNC(=O)c1ccc(NC(=O)c2ccc(CN3CCCC3=O)cc2)cc1. The van der Waals surface area contributed by atoms with Crippen LogP contribution in [0.5, 0.6) is 0 Å². The van der Waals surface area contributed by atoms with Crippen LogP contribution < -0.4 is 10.6 Å². The van der Waals surface area contributed by atoms with Crippen LogP contribution in [0.4, 0.5) is 5.69 Å². The summed E-state index contributed by atoms with van der Waals surface area (Å²) in [5.41, 5.74) is 2.37. The molecule has 1 fully saturated rings. The standard InChI is InChI=1S/C22H23N3O5/c26-19-2-1-13-25(19)14-15-3-5-17(6-4-15)22(30)24-18-9-7-16(8-10-18)21(29)23-12-11-20(27)28/h3-10H,1-2,11-14H2,(H,23,29)(H,24,30)(H,27,28). The van der Waals surface area contributed by atoms with Gasteiger partial charge in [0.25, 0.3) is 11.8 Å². The number of benzene rings is 2. The maximum absolute atomic E-state index is 12.4. The third kappa shape index (κ3) is 5.66. The minimum absolute atomic E-state index is 0.0502. The van der Waals surface area contributed by atoms with Gasteiger partial charge in [-0.3, -0.25) is 19.2 Å². The molecule has 0 unspecified atom stereocenters. The van der Waals surface area contributed by atoms with Crippen LogP contribution >= 0.6 is 0 Å². The van der Waals surface area contributed by atoms with Crippen LogP contribution in [-0.2, 0) is 16.1 Å². The number of anilines is 1. The fourth-order valence-corrected chi connectivity index (χ4v) is 3.15. The monoisotopic (exact) mass is 409 g/mol. The fourth-order valence-electron chi connectivity index (χ4n) is 3.15.